The molecule has 37 heavy (non-hydrogen) atoms. The maximum absolute atomic E-state index is 13.1. The van der Waals surface area contributed by atoms with E-state index in [-0.39, 0.29) is 19.0 Å². The molecule has 0 saturated heterocycles. The molecule has 190 valence electrons. The molecule has 7 nitrogen and oxygen atoms in total. The van der Waals surface area contributed by atoms with E-state index in [9.17, 15) is 9.59 Å². The number of thioether (sulfide) groups is 1. The van der Waals surface area contributed by atoms with E-state index in [4.69, 9.17) is 37.8 Å². The number of amides is 1. The number of aliphatic carboxylic acids is 1. The zero-order valence-corrected chi connectivity index (χ0v) is 22.3. The SMILES string of the molecule is O=C(O)CSc1cnc(NC(=O)c2cc(OCc3ccccc3Cl)cc(OCc3ccccc3Cl)c2)s1. The van der Waals surface area contributed by atoms with Gasteiger partial charge >= 0.3 is 5.97 Å². The minimum Gasteiger partial charge on any atom is -0.489 e. The Balaban J connectivity index is 1.52. The molecule has 11 heteroatoms. The molecule has 2 N–H and O–H groups in total. The molecule has 1 heterocycles. The monoisotopic (exact) mass is 574 g/mol. The van der Waals surface area contributed by atoms with Gasteiger partial charge in [0.15, 0.2) is 5.13 Å². The van der Waals surface area contributed by atoms with E-state index in [0.717, 1.165) is 22.9 Å². The molecule has 4 aromatic rings. The van der Waals surface area contributed by atoms with Crippen LogP contribution in [-0.4, -0.2) is 27.7 Å². The predicted octanol–water partition coefficient (Wildman–Crippen LogP) is 7.04. The van der Waals surface area contributed by atoms with Crippen molar-refractivity contribution in [1.82, 2.24) is 4.98 Å². The van der Waals surface area contributed by atoms with Crippen LogP contribution in [0.1, 0.15) is 21.5 Å². The highest BCUT2D eigenvalue weighted by atomic mass is 35.5. The minimum absolute atomic E-state index is 0.0907. The number of nitrogens with one attached hydrogen (secondary N) is 1. The minimum atomic E-state index is -0.929. The number of hydrogen-bond acceptors (Lipinski definition) is 7. The summed E-state index contributed by atoms with van der Waals surface area (Å²) in [5.74, 6) is -0.610. The van der Waals surface area contributed by atoms with E-state index in [1.807, 2.05) is 36.4 Å². The van der Waals surface area contributed by atoms with Crippen LogP contribution in [0.15, 0.2) is 77.1 Å². The Labute approximate surface area is 231 Å². The van der Waals surface area contributed by atoms with Gasteiger partial charge in [-0.25, -0.2) is 4.98 Å². The summed E-state index contributed by atoms with van der Waals surface area (Å²) in [6.45, 7) is 0.399. The predicted molar refractivity (Wildman–Crippen MR) is 146 cm³/mol. The largest absolute Gasteiger partial charge is 0.489 e. The molecule has 0 aliphatic carbocycles. The van der Waals surface area contributed by atoms with Crippen molar-refractivity contribution in [2.45, 2.75) is 17.4 Å². The van der Waals surface area contributed by atoms with Gasteiger partial charge < -0.3 is 14.6 Å². The molecule has 0 radical (unpaired) electrons. The second-order valence-corrected chi connectivity index (χ2v) is 10.7. The number of carbonyl (C=O) groups is 2. The lowest BCUT2D eigenvalue weighted by Crippen LogP contribution is -2.12. The summed E-state index contributed by atoms with van der Waals surface area (Å²) in [7, 11) is 0. The molecule has 0 saturated carbocycles. The molecule has 0 fully saturated rings. The van der Waals surface area contributed by atoms with Crippen LogP contribution in [0.25, 0.3) is 0 Å². The number of thiazole rings is 1. The number of ether oxygens (including phenoxy) is 2. The molecule has 0 aliphatic rings. The molecule has 1 aromatic heterocycles. The summed E-state index contributed by atoms with van der Waals surface area (Å²) in [6, 6.07) is 19.6. The Morgan fingerprint density at radius 1 is 0.919 bits per heavy atom. The molecule has 0 aliphatic heterocycles. The van der Waals surface area contributed by atoms with Gasteiger partial charge in [0.1, 0.15) is 24.7 Å². The van der Waals surface area contributed by atoms with Gasteiger partial charge in [-0.05, 0) is 24.3 Å². The average molecular weight is 575 g/mol. The van der Waals surface area contributed by atoms with Gasteiger partial charge in [0.05, 0.1) is 16.2 Å². The van der Waals surface area contributed by atoms with Crippen molar-refractivity contribution in [2.75, 3.05) is 11.1 Å². The molecule has 1 amide bonds. The van der Waals surface area contributed by atoms with Crippen molar-refractivity contribution < 1.29 is 24.2 Å². The first-order chi connectivity index (χ1) is 17.9. The number of carboxylic acid groups (broad SMARTS) is 1. The fourth-order valence-corrected chi connectivity index (χ4v) is 5.08. The number of nitrogens with zero attached hydrogens (tertiary/aromatic N) is 1. The number of hydrogen-bond donors (Lipinski definition) is 2. The molecule has 0 spiro atoms. The summed E-state index contributed by atoms with van der Waals surface area (Å²) in [5, 5.41) is 13.1. The van der Waals surface area contributed by atoms with E-state index in [1.54, 1.807) is 30.3 Å². The number of anilines is 1. The Hall–Kier alpha value is -3.24. The van der Waals surface area contributed by atoms with Gasteiger partial charge in [-0.3, -0.25) is 14.9 Å². The quantitative estimate of drug-likeness (QED) is 0.185. The van der Waals surface area contributed by atoms with Crippen molar-refractivity contribution in [3.63, 3.8) is 0 Å². The number of benzene rings is 3. The molecule has 4 rings (SSSR count). The molecule has 3 aromatic carbocycles. The van der Waals surface area contributed by atoms with Gasteiger partial charge in [0.25, 0.3) is 5.91 Å². The van der Waals surface area contributed by atoms with Crippen LogP contribution in [-0.2, 0) is 18.0 Å². The van der Waals surface area contributed by atoms with Gasteiger partial charge in [0, 0.05) is 32.8 Å². The van der Waals surface area contributed by atoms with Gasteiger partial charge in [-0.2, -0.15) is 0 Å². The fraction of sp³-hybridized carbons (Fsp3) is 0.115. The van der Waals surface area contributed by atoms with Crippen molar-refractivity contribution in [1.29, 1.82) is 0 Å². The van der Waals surface area contributed by atoms with Crippen molar-refractivity contribution >= 4 is 63.3 Å². The number of carbonyl (C=O) groups excluding carboxylic acids is 1. The Morgan fingerprint density at radius 2 is 1.49 bits per heavy atom. The summed E-state index contributed by atoms with van der Waals surface area (Å²) in [5.41, 5.74) is 1.89. The van der Waals surface area contributed by atoms with Gasteiger partial charge in [-0.15, -0.1) is 11.8 Å². The van der Waals surface area contributed by atoms with Crippen LogP contribution < -0.4 is 14.8 Å². The second-order valence-electron chi connectivity index (χ2n) is 7.57. The molecule has 0 unspecified atom stereocenters. The number of rotatable bonds is 11. The van der Waals surface area contributed by atoms with Gasteiger partial charge in [-0.1, -0.05) is 70.9 Å². The van der Waals surface area contributed by atoms with E-state index in [1.165, 1.54) is 17.5 Å². The van der Waals surface area contributed by atoms with E-state index in [0.29, 0.717) is 36.4 Å². The standard InChI is InChI=1S/C26H20Cl2N2O5S2/c27-21-7-3-1-5-16(21)13-34-19-9-18(10-20(11-19)35-14-17-6-2-4-8-22(17)28)25(33)30-26-29-12-24(37-26)36-15-23(31)32/h1-12H,13-15H2,(H,31,32)(H,29,30,33). The fourth-order valence-electron chi connectivity index (χ4n) is 3.11. The summed E-state index contributed by atoms with van der Waals surface area (Å²) in [4.78, 5) is 28.0. The third-order valence-electron chi connectivity index (χ3n) is 4.89. The van der Waals surface area contributed by atoms with Crippen LogP contribution in [0, 0.1) is 0 Å². The lowest BCUT2D eigenvalue weighted by Gasteiger charge is -2.13. The summed E-state index contributed by atoms with van der Waals surface area (Å²) in [6.07, 6.45) is 1.52. The highest BCUT2D eigenvalue weighted by Gasteiger charge is 2.14. The summed E-state index contributed by atoms with van der Waals surface area (Å²) < 4.78 is 12.6. The Bertz CT molecular complexity index is 1350. The summed E-state index contributed by atoms with van der Waals surface area (Å²) >= 11 is 14.8. The first-order valence-corrected chi connectivity index (χ1v) is 13.4. The van der Waals surface area contributed by atoms with E-state index in [2.05, 4.69) is 10.3 Å². The lowest BCUT2D eigenvalue weighted by molar-refractivity contribution is -0.133. The number of carboxylic acids is 1. The van der Waals surface area contributed by atoms with E-state index < -0.39 is 11.9 Å². The van der Waals surface area contributed by atoms with Crippen LogP contribution in [0.5, 0.6) is 11.5 Å². The second kappa shape index (κ2) is 12.8. The molecule has 0 bridgehead atoms. The van der Waals surface area contributed by atoms with Crippen LogP contribution in [0.4, 0.5) is 5.13 Å². The molecular weight excluding hydrogens is 555 g/mol. The lowest BCUT2D eigenvalue weighted by atomic mass is 10.2. The molecule has 0 atom stereocenters. The maximum Gasteiger partial charge on any atom is 0.313 e. The first kappa shape index (κ1) is 26.8. The van der Waals surface area contributed by atoms with Crippen LogP contribution >= 0.6 is 46.3 Å². The van der Waals surface area contributed by atoms with Crippen LogP contribution in [0.2, 0.25) is 10.0 Å². The van der Waals surface area contributed by atoms with E-state index >= 15 is 0 Å². The third-order valence-corrected chi connectivity index (χ3v) is 7.72. The van der Waals surface area contributed by atoms with Crippen molar-refractivity contribution in [2.24, 2.45) is 0 Å². The zero-order valence-electron chi connectivity index (χ0n) is 19.1. The van der Waals surface area contributed by atoms with Crippen molar-refractivity contribution in [3.05, 3.63) is 99.7 Å². The number of halogens is 2. The highest BCUT2D eigenvalue weighted by Crippen LogP contribution is 2.30. The van der Waals surface area contributed by atoms with Crippen molar-refractivity contribution in [3.8, 4) is 11.5 Å². The average Bonchev–Trinajstić information content (AvgIpc) is 3.33. The smallest absolute Gasteiger partial charge is 0.313 e. The topological polar surface area (TPSA) is 97.8 Å². The maximum atomic E-state index is 13.1. The Morgan fingerprint density at radius 3 is 2.03 bits per heavy atom. The first-order valence-electron chi connectivity index (χ1n) is 10.9. The number of aromatic nitrogens is 1. The zero-order chi connectivity index (χ0) is 26.2. The normalized spacial score (nSPS) is 10.6. The Kier molecular flexibility index (Phi) is 9.29. The highest BCUT2D eigenvalue weighted by molar-refractivity contribution is 8.01. The van der Waals surface area contributed by atoms with Crippen LogP contribution in [0.3, 0.4) is 0 Å². The molecular formula is C26H20Cl2N2O5S2. The van der Waals surface area contributed by atoms with Gasteiger partial charge in [0.2, 0.25) is 0 Å². The third kappa shape index (κ3) is 7.87.